The average Bonchev–Trinajstić information content (AvgIpc) is 2.64. The molecule has 1 aromatic heterocycles. The first kappa shape index (κ1) is 15.1. The van der Waals surface area contributed by atoms with Gasteiger partial charge in [0.2, 0.25) is 0 Å². The Hall–Kier alpha value is -3.40. The topological polar surface area (TPSA) is 62.0 Å². The Morgan fingerprint density at radius 3 is 2.48 bits per heavy atom. The highest BCUT2D eigenvalue weighted by Crippen LogP contribution is 2.26. The molecule has 0 saturated carbocycles. The molecule has 0 unspecified atom stereocenters. The van der Waals surface area contributed by atoms with Gasteiger partial charge in [-0.1, -0.05) is 24.3 Å². The number of carbonyl (C=O) groups excluding carboxylic acids is 1. The Morgan fingerprint density at radius 2 is 1.64 bits per heavy atom. The van der Waals surface area contributed by atoms with Gasteiger partial charge in [0.05, 0.1) is 5.52 Å². The summed E-state index contributed by atoms with van der Waals surface area (Å²) in [4.78, 5) is 27.3. The SMILES string of the molecule is Cc1cc2c(=O)c3ccccc3[nH]c2cc1Nc1ccccc1C=O. The molecule has 0 bridgehead atoms. The largest absolute Gasteiger partial charge is 0.355 e. The van der Waals surface area contributed by atoms with Crippen LogP contribution in [0.25, 0.3) is 21.8 Å². The second-order valence-electron chi connectivity index (χ2n) is 6.04. The second kappa shape index (κ2) is 5.91. The normalized spacial score (nSPS) is 10.9. The number of hydrogen-bond donors (Lipinski definition) is 2. The van der Waals surface area contributed by atoms with Crippen LogP contribution < -0.4 is 10.7 Å². The van der Waals surface area contributed by atoms with E-state index in [-0.39, 0.29) is 5.43 Å². The zero-order chi connectivity index (χ0) is 17.4. The molecule has 0 spiro atoms. The van der Waals surface area contributed by atoms with Crippen molar-refractivity contribution < 1.29 is 4.79 Å². The van der Waals surface area contributed by atoms with Gasteiger partial charge in [0.15, 0.2) is 11.7 Å². The number of carbonyl (C=O) groups is 1. The minimum atomic E-state index is 0.0206. The average molecular weight is 328 g/mol. The van der Waals surface area contributed by atoms with E-state index >= 15 is 0 Å². The van der Waals surface area contributed by atoms with Crippen molar-refractivity contribution in [2.75, 3.05) is 5.32 Å². The van der Waals surface area contributed by atoms with Gasteiger partial charge in [-0.25, -0.2) is 0 Å². The number of benzene rings is 3. The highest BCUT2D eigenvalue weighted by atomic mass is 16.1. The van der Waals surface area contributed by atoms with Crippen molar-refractivity contribution in [2.45, 2.75) is 6.92 Å². The summed E-state index contributed by atoms with van der Waals surface area (Å²) in [6.45, 7) is 1.94. The van der Waals surface area contributed by atoms with E-state index in [0.717, 1.165) is 34.3 Å². The summed E-state index contributed by atoms with van der Waals surface area (Å²) in [6, 6.07) is 18.6. The molecular formula is C21H16N2O2. The van der Waals surface area contributed by atoms with Crippen LogP contribution in [0.5, 0.6) is 0 Å². The number of pyridine rings is 1. The lowest BCUT2D eigenvalue weighted by Crippen LogP contribution is -2.05. The number of aromatic nitrogens is 1. The molecule has 1 heterocycles. The fraction of sp³-hybridized carbons (Fsp3) is 0.0476. The molecule has 3 aromatic carbocycles. The molecule has 4 rings (SSSR count). The third-order valence-corrected chi connectivity index (χ3v) is 4.41. The minimum absolute atomic E-state index is 0.0206. The van der Waals surface area contributed by atoms with E-state index in [2.05, 4.69) is 10.3 Å². The Labute approximate surface area is 144 Å². The first-order valence-electron chi connectivity index (χ1n) is 8.04. The lowest BCUT2D eigenvalue weighted by Gasteiger charge is -2.13. The summed E-state index contributed by atoms with van der Waals surface area (Å²) in [5.74, 6) is 0. The van der Waals surface area contributed by atoms with Crippen LogP contribution in [-0.2, 0) is 0 Å². The van der Waals surface area contributed by atoms with E-state index < -0.39 is 0 Å². The molecule has 0 aliphatic rings. The van der Waals surface area contributed by atoms with Gasteiger partial charge in [-0.3, -0.25) is 9.59 Å². The van der Waals surface area contributed by atoms with Gasteiger partial charge < -0.3 is 10.3 Å². The van der Waals surface area contributed by atoms with E-state index in [1.165, 1.54) is 0 Å². The zero-order valence-electron chi connectivity index (χ0n) is 13.7. The Bertz CT molecular complexity index is 1180. The van der Waals surface area contributed by atoms with Crippen LogP contribution in [0, 0.1) is 6.92 Å². The van der Waals surface area contributed by atoms with Crippen molar-refractivity contribution in [2.24, 2.45) is 0 Å². The molecular weight excluding hydrogens is 312 g/mol. The second-order valence-corrected chi connectivity index (χ2v) is 6.04. The van der Waals surface area contributed by atoms with Crippen molar-refractivity contribution in [1.29, 1.82) is 0 Å². The molecule has 122 valence electrons. The summed E-state index contributed by atoms with van der Waals surface area (Å²) in [5, 5.41) is 4.64. The van der Waals surface area contributed by atoms with Crippen LogP contribution in [0.3, 0.4) is 0 Å². The van der Waals surface area contributed by atoms with Crippen LogP contribution >= 0.6 is 0 Å². The third-order valence-electron chi connectivity index (χ3n) is 4.41. The maximum Gasteiger partial charge on any atom is 0.197 e. The highest BCUT2D eigenvalue weighted by molar-refractivity contribution is 5.95. The molecule has 0 radical (unpaired) electrons. The summed E-state index contributed by atoms with van der Waals surface area (Å²) < 4.78 is 0. The monoisotopic (exact) mass is 328 g/mol. The first-order valence-corrected chi connectivity index (χ1v) is 8.04. The molecule has 4 heteroatoms. The number of anilines is 2. The van der Waals surface area contributed by atoms with Crippen LogP contribution in [-0.4, -0.2) is 11.3 Å². The number of aryl methyl sites for hydroxylation is 1. The smallest absolute Gasteiger partial charge is 0.197 e. The standard InChI is InChI=1S/C21H16N2O2/c1-13-10-16-20(23-18-9-5-3-7-15(18)21(16)25)11-19(13)22-17-8-4-2-6-14(17)12-24/h2-12,22H,1H3,(H,23,25). The zero-order valence-corrected chi connectivity index (χ0v) is 13.7. The lowest BCUT2D eigenvalue weighted by atomic mass is 10.1. The molecule has 4 aromatic rings. The molecule has 0 fully saturated rings. The number of aromatic amines is 1. The summed E-state index contributed by atoms with van der Waals surface area (Å²) in [5.41, 5.74) is 4.72. The predicted octanol–water partition coefficient (Wildman–Crippen LogP) is 4.55. The minimum Gasteiger partial charge on any atom is -0.355 e. The van der Waals surface area contributed by atoms with Gasteiger partial charge in [-0.15, -0.1) is 0 Å². The Morgan fingerprint density at radius 1 is 0.880 bits per heavy atom. The number of H-pyrrole nitrogens is 1. The number of nitrogens with one attached hydrogen (secondary N) is 2. The maximum atomic E-state index is 12.7. The molecule has 0 amide bonds. The summed E-state index contributed by atoms with van der Waals surface area (Å²) in [6.07, 6.45) is 0.827. The molecule has 0 saturated heterocycles. The van der Waals surface area contributed by atoms with Crippen molar-refractivity contribution in [3.05, 3.63) is 82.0 Å². The van der Waals surface area contributed by atoms with E-state index in [0.29, 0.717) is 16.3 Å². The molecule has 4 nitrogen and oxygen atoms in total. The Balaban J connectivity index is 1.91. The van der Waals surface area contributed by atoms with Gasteiger partial charge in [0.1, 0.15) is 0 Å². The lowest BCUT2D eigenvalue weighted by molar-refractivity contribution is 0.112. The number of aldehydes is 1. The van der Waals surface area contributed by atoms with E-state index in [4.69, 9.17) is 0 Å². The van der Waals surface area contributed by atoms with Crippen molar-refractivity contribution in [1.82, 2.24) is 4.98 Å². The molecule has 0 aliphatic heterocycles. The van der Waals surface area contributed by atoms with Gasteiger partial charge in [0.25, 0.3) is 0 Å². The molecule has 0 atom stereocenters. The van der Waals surface area contributed by atoms with Crippen LogP contribution in [0.4, 0.5) is 11.4 Å². The molecule has 2 N–H and O–H groups in total. The fourth-order valence-electron chi connectivity index (χ4n) is 3.07. The van der Waals surface area contributed by atoms with Crippen molar-refractivity contribution in [3.8, 4) is 0 Å². The summed E-state index contributed by atoms with van der Waals surface area (Å²) in [7, 11) is 0. The Kier molecular flexibility index (Phi) is 3.58. The maximum absolute atomic E-state index is 12.7. The summed E-state index contributed by atoms with van der Waals surface area (Å²) >= 11 is 0. The predicted molar refractivity (Wildman–Crippen MR) is 102 cm³/mol. The van der Waals surface area contributed by atoms with Crippen LogP contribution in [0.1, 0.15) is 15.9 Å². The van der Waals surface area contributed by atoms with Gasteiger partial charge in [0, 0.05) is 33.2 Å². The van der Waals surface area contributed by atoms with Crippen LogP contribution in [0.2, 0.25) is 0 Å². The number of rotatable bonds is 3. The van der Waals surface area contributed by atoms with Crippen LogP contribution in [0.15, 0.2) is 65.5 Å². The van der Waals surface area contributed by atoms with Crippen molar-refractivity contribution >= 4 is 39.5 Å². The van der Waals surface area contributed by atoms with E-state index in [1.54, 1.807) is 6.07 Å². The quantitative estimate of drug-likeness (QED) is 0.428. The molecule has 0 aliphatic carbocycles. The van der Waals surface area contributed by atoms with Crippen molar-refractivity contribution in [3.63, 3.8) is 0 Å². The van der Waals surface area contributed by atoms with Gasteiger partial charge in [-0.2, -0.15) is 0 Å². The first-order chi connectivity index (χ1) is 12.2. The number of hydrogen-bond acceptors (Lipinski definition) is 3. The van der Waals surface area contributed by atoms with Gasteiger partial charge in [-0.05, 0) is 48.9 Å². The highest BCUT2D eigenvalue weighted by Gasteiger charge is 2.09. The third kappa shape index (κ3) is 2.58. The number of para-hydroxylation sites is 2. The number of fused-ring (bicyclic) bond motifs is 2. The van der Waals surface area contributed by atoms with Gasteiger partial charge >= 0.3 is 0 Å². The molecule has 25 heavy (non-hydrogen) atoms. The van der Waals surface area contributed by atoms with E-state index in [1.807, 2.05) is 61.5 Å². The fourth-order valence-corrected chi connectivity index (χ4v) is 3.07. The van der Waals surface area contributed by atoms with E-state index in [9.17, 15) is 9.59 Å².